The van der Waals surface area contributed by atoms with Crippen LogP contribution in [0.4, 0.5) is 23.0 Å². The first kappa shape index (κ1) is 19.5. The highest BCUT2D eigenvalue weighted by atomic mass is 16.6. The van der Waals surface area contributed by atoms with E-state index in [1.807, 2.05) is 0 Å². The largest absolute Gasteiger partial charge is 0.462 e. The number of nitro groups is 1. The lowest BCUT2D eigenvalue weighted by molar-refractivity contribution is -0.383. The topological polar surface area (TPSA) is 119 Å². The molecule has 2 N–H and O–H groups in total. The molecule has 1 fully saturated rings. The minimum atomic E-state index is -0.497. The molecule has 0 saturated heterocycles. The number of carbonyl (C=O) groups excluding carboxylic acids is 1. The van der Waals surface area contributed by atoms with Gasteiger partial charge in [0.1, 0.15) is 6.33 Å². The van der Waals surface area contributed by atoms with Gasteiger partial charge in [0.25, 0.3) is 0 Å². The van der Waals surface area contributed by atoms with Crippen molar-refractivity contribution in [3.63, 3.8) is 0 Å². The van der Waals surface area contributed by atoms with Crippen molar-refractivity contribution >= 4 is 29.0 Å². The van der Waals surface area contributed by atoms with Gasteiger partial charge >= 0.3 is 11.7 Å². The van der Waals surface area contributed by atoms with E-state index in [9.17, 15) is 14.9 Å². The van der Waals surface area contributed by atoms with Crippen LogP contribution in [0.25, 0.3) is 0 Å². The van der Waals surface area contributed by atoms with Gasteiger partial charge in [0.05, 0.1) is 17.1 Å². The molecule has 148 valence electrons. The third kappa shape index (κ3) is 4.73. The van der Waals surface area contributed by atoms with Crippen molar-refractivity contribution in [2.75, 3.05) is 17.2 Å². The second-order valence-corrected chi connectivity index (χ2v) is 6.58. The summed E-state index contributed by atoms with van der Waals surface area (Å²) in [5, 5.41) is 17.8. The van der Waals surface area contributed by atoms with Crippen molar-refractivity contribution in [3.8, 4) is 0 Å². The van der Waals surface area contributed by atoms with Crippen LogP contribution in [0.5, 0.6) is 0 Å². The zero-order chi connectivity index (χ0) is 19.9. The average Bonchev–Trinajstić information content (AvgIpc) is 2.69. The van der Waals surface area contributed by atoms with Gasteiger partial charge in [0.15, 0.2) is 0 Å². The third-order valence-corrected chi connectivity index (χ3v) is 4.59. The van der Waals surface area contributed by atoms with E-state index in [0.717, 1.165) is 25.7 Å². The predicted octanol–water partition coefficient (Wildman–Crippen LogP) is 4.05. The monoisotopic (exact) mass is 385 g/mol. The number of rotatable bonds is 7. The summed E-state index contributed by atoms with van der Waals surface area (Å²) in [6, 6.07) is 6.72. The molecule has 0 bridgehead atoms. The summed E-state index contributed by atoms with van der Waals surface area (Å²) in [6.07, 6.45) is 6.60. The molecule has 0 atom stereocenters. The first-order valence-corrected chi connectivity index (χ1v) is 9.38. The van der Waals surface area contributed by atoms with E-state index in [1.165, 1.54) is 12.7 Å². The molecule has 1 heterocycles. The van der Waals surface area contributed by atoms with Crippen LogP contribution in [0.1, 0.15) is 49.4 Å². The van der Waals surface area contributed by atoms with E-state index < -0.39 is 10.9 Å². The second kappa shape index (κ2) is 9.12. The normalized spacial score (nSPS) is 14.3. The summed E-state index contributed by atoms with van der Waals surface area (Å²) in [6.45, 7) is 2.00. The van der Waals surface area contributed by atoms with Crippen molar-refractivity contribution in [1.29, 1.82) is 0 Å². The SMILES string of the molecule is CCOC(=O)c1cccc(Nc2ncnc(NC3CCCCC3)c2[N+](=O)[O-])c1. The van der Waals surface area contributed by atoms with E-state index in [2.05, 4.69) is 20.6 Å². The van der Waals surface area contributed by atoms with Gasteiger partial charge in [0, 0.05) is 11.7 Å². The molecule has 0 unspecified atom stereocenters. The third-order valence-electron chi connectivity index (χ3n) is 4.59. The van der Waals surface area contributed by atoms with Gasteiger partial charge in [-0.1, -0.05) is 25.3 Å². The zero-order valence-corrected chi connectivity index (χ0v) is 15.7. The number of benzene rings is 1. The minimum Gasteiger partial charge on any atom is -0.462 e. The van der Waals surface area contributed by atoms with Gasteiger partial charge in [-0.05, 0) is 38.0 Å². The van der Waals surface area contributed by atoms with Gasteiger partial charge < -0.3 is 15.4 Å². The van der Waals surface area contributed by atoms with Crippen molar-refractivity contribution < 1.29 is 14.5 Å². The molecule has 1 aromatic heterocycles. The molecular weight excluding hydrogens is 362 g/mol. The Kier molecular flexibility index (Phi) is 6.36. The fourth-order valence-electron chi connectivity index (χ4n) is 3.26. The molecule has 0 radical (unpaired) electrons. The van der Waals surface area contributed by atoms with Crippen molar-refractivity contribution in [3.05, 3.63) is 46.3 Å². The number of aromatic nitrogens is 2. The van der Waals surface area contributed by atoms with Crippen molar-refractivity contribution in [2.24, 2.45) is 0 Å². The van der Waals surface area contributed by atoms with Crippen LogP contribution in [-0.2, 0) is 4.74 Å². The summed E-state index contributed by atoms with van der Waals surface area (Å²) >= 11 is 0. The Hall–Kier alpha value is -3.23. The van der Waals surface area contributed by atoms with Crippen LogP contribution >= 0.6 is 0 Å². The second-order valence-electron chi connectivity index (χ2n) is 6.58. The molecule has 3 rings (SSSR count). The lowest BCUT2D eigenvalue weighted by Crippen LogP contribution is -2.23. The zero-order valence-electron chi connectivity index (χ0n) is 15.7. The first-order chi connectivity index (χ1) is 13.6. The van der Waals surface area contributed by atoms with E-state index in [4.69, 9.17) is 4.74 Å². The molecule has 1 aliphatic rings. The number of hydrogen-bond donors (Lipinski definition) is 2. The summed E-state index contributed by atoms with van der Waals surface area (Å²) in [5.41, 5.74) is 0.634. The van der Waals surface area contributed by atoms with Crippen LogP contribution < -0.4 is 10.6 Å². The minimum absolute atomic E-state index is 0.0688. The number of carbonyl (C=O) groups is 1. The molecule has 0 amide bonds. The Morgan fingerprint density at radius 1 is 1.25 bits per heavy atom. The Morgan fingerprint density at radius 3 is 2.71 bits per heavy atom. The highest BCUT2D eigenvalue weighted by Gasteiger charge is 2.25. The highest BCUT2D eigenvalue weighted by Crippen LogP contribution is 2.33. The van der Waals surface area contributed by atoms with E-state index in [0.29, 0.717) is 11.3 Å². The molecule has 9 nitrogen and oxygen atoms in total. The molecular formula is C19H23N5O4. The number of nitrogens with zero attached hydrogens (tertiary/aromatic N) is 3. The van der Waals surface area contributed by atoms with Gasteiger partial charge in [0.2, 0.25) is 11.6 Å². The number of anilines is 3. The number of nitrogens with one attached hydrogen (secondary N) is 2. The first-order valence-electron chi connectivity index (χ1n) is 9.38. The maximum atomic E-state index is 11.9. The van der Waals surface area contributed by atoms with E-state index in [1.54, 1.807) is 31.2 Å². The lowest BCUT2D eigenvalue weighted by atomic mass is 9.95. The van der Waals surface area contributed by atoms with Crippen molar-refractivity contribution in [2.45, 2.75) is 45.1 Å². The summed E-state index contributed by atoms with van der Waals surface area (Å²) in [4.78, 5) is 31.2. The van der Waals surface area contributed by atoms with Gasteiger partial charge in [-0.15, -0.1) is 0 Å². The van der Waals surface area contributed by atoms with Crippen LogP contribution in [0, 0.1) is 10.1 Å². The number of ether oxygens (including phenoxy) is 1. The Balaban J connectivity index is 1.85. The Morgan fingerprint density at radius 2 is 2.00 bits per heavy atom. The van der Waals surface area contributed by atoms with Gasteiger partial charge in [-0.2, -0.15) is 0 Å². The lowest BCUT2D eigenvalue weighted by Gasteiger charge is -2.23. The molecule has 1 saturated carbocycles. The quantitative estimate of drug-likeness (QED) is 0.416. The summed E-state index contributed by atoms with van der Waals surface area (Å²) in [5.74, 6) is -0.182. The molecule has 1 aromatic carbocycles. The average molecular weight is 385 g/mol. The van der Waals surface area contributed by atoms with Crippen LogP contribution in [0.3, 0.4) is 0 Å². The Labute approximate surface area is 162 Å². The fraction of sp³-hybridized carbons (Fsp3) is 0.421. The smallest absolute Gasteiger partial charge is 0.353 e. The molecule has 1 aliphatic carbocycles. The van der Waals surface area contributed by atoms with Gasteiger partial charge in [-0.25, -0.2) is 14.8 Å². The maximum absolute atomic E-state index is 11.9. The molecule has 9 heteroatoms. The molecule has 28 heavy (non-hydrogen) atoms. The van der Waals surface area contributed by atoms with Crippen LogP contribution in [-0.4, -0.2) is 33.5 Å². The molecule has 0 spiro atoms. The maximum Gasteiger partial charge on any atom is 0.353 e. The molecule has 2 aromatic rings. The van der Waals surface area contributed by atoms with Crippen molar-refractivity contribution in [1.82, 2.24) is 9.97 Å². The number of esters is 1. The van der Waals surface area contributed by atoms with Crippen LogP contribution in [0.15, 0.2) is 30.6 Å². The molecule has 0 aliphatic heterocycles. The summed E-state index contributed by atoms with van der Waals surface area (Å²) in [7, 11) is 0. The Bertz CT molecular complexity index is 852. The van der Waals surface area contributed by atoms with E-state index in [-0.39, 0.29) is 30.0 Å². The predicted molar refractivity (Wildman–Crippen MR) is 105 cm³/mol. The highest BCUT2D eigenvalue weighted by molar-refractivity contribution is 5.91. The summed E-state index contributed by atoms with van der Waals surface area (Å²) < 4.78 is 4.99. The van der Waals surface area contributed by atoms with E-state index >= 15 is 0 Å². The fourth-order valence-corrected chi connectivity index (χ4v) is 3.26. The van der Waals surface area contributed by atoms with Gasteiger partial charge in [-0.3, -0.25) is 10.1 Å². The number of hydrogen-bond acceptors (Lipinski definition) is 8. The standard InChI is InChI=1S/C19H23N5O4/c1-2-28-19(25)13-7-6-10-15(11-13)23-18-16(24(26)27)17(20-12-21-18)22-14-8-4-3-5-9-14/h6-7,10-12,14H,2-5,8-9H2,1H3,(H2,20,21,22,23). The van der Waals surface area contributed by atoms with Crippen LogP contribution in [0.2, 0.25) is 0 Å².